The molecule has 2 heterocycles. The number of hydrogen-bond acceptors (Lipinski definition) is 3. The lowest BCUT2D eigenvalue weighted by Crippen LogP contribution is -2.43. The molecule has 2 aromatic rings. The Labute approximate surface area is 156 Å². The van der Waals surface area contributed by atoms with Crippen molar-refractivity contribution in [1.82, 2.24) is 15.2 Å². The van der Waals surface area contributed by atoms with E-state index in [1.54, 1.807) is 17.3 Å². The molecule has 0 unspecified atom stereocenters. The molecule has 0 saturated carbocycles. The number of halogens is 2. The number of hydrogen-bond donors (Lipinski definition) is 1. The van der Waals surface area contributed by atoms with Crippen LogP contribution in [-0.2, 0) is 11.3 Å². The maximum Gasteiger partial charge on any atom is 0.258 e. The zero-order chi connectivity index (χ0) is 18.5. The normalized spacial score (nSPS) is 14.9. The summed E-state index contributed by atoms with van der Waals surface area (Å²) in [4.78, 5) is 30.3. The molecule has 1 fully saturated rings. The fourth-order valence-corrected chi connectivity index (χ4v) is 3.28. The van der Waals surface area contributed by atoms with Crippen LogP contribution in [0.1, 0.15) is 28.8 Å². The van der Waals surface area contributed by atoms with Gasteiger partial charge in [-0.1, -0.05) is 17.7 Å². The lowest BCUT2D eigenvalue weighted by molar-refractivity contribution is -0.126. The molecule has 0 spiro atoms. The topological polar surface area (TPSA) is 62.3 Å². The molecule has 0 radical (unpaired) electrons. The van der Waals surface area contributed by atoms with Crippen molar-refractivity contribution in [3.63, 3.8) is 0 Å². The van der Waals surface area contributed by atoms with Gasteiger partial charge in [0.25, 0.3) is 5.91 Å². The van der Waals surface area contributed by atoms with Crippen molar-refractivity contribution in [2.24, 2.45) is 5.92 Å². The number of nitrogens with zero attached hydrogens (tertiary/aromatic N) is 2. The zero-order valence-corrected chi connectivity index (χ0v) is 14.9. The number of aromatic nitrogens is 1. The van der Waals surface area contributed by atoms with E-state index >= 15 is 0 Å². The van der Waals surface area contributed by atoms with Crippen LogP contribution in [0.15, 0.2) is 42.7 Å². The third-order valence-corrected chi connectivity index (χ3v) is 4.86. The second kappa shape index (κ2) is 8.27. The van der Waals surface area contributed by atoms with E-state index in [9.17, 15) is 14.0 Å². The van der Waals surface area contributed by atoms with E-state index in [1.807, 2.05) is 12.1 Å². The molecule has 1 aromatic carbocycles. The minimum absolute atomic E-state index is 0.0298. The van der Waals surface area contributed by atoms with Gasteiger partial charge in [0.2, 0.25) is 5.91 Å². The largest absolute Gasteiger partial charge is 0.352 e. The number of carbonyl (C=O) groups excluding carboxylic acids is 2. The van der Waals surface area contributed by atoms with Crippen LogP contribution in [0.4, 0.5) is 4.39 Å². The summed E-state index contributed by atoms with van der Waals surface area (Å²) in [6.45, 7) is 1.25. The van der Waals surface area contributed by atoms with E-state index in [2.05, 4.69) is 10.3 Å². The molecule has 0 atom stereocenters. The maximum absolute atomic E-state index is 13.9. The summed E-state index contributed by atoms with van der Waals surface area (Å²) in [7, 11) is 0. The first-order chi connectivity index (χ1) is 12.6. The number of carbonyl (C=O) groups is 2. The molecule has 7 heteroatoms. The van der Waals surface area contributed by atoms with Gasteiger partial charge in [-0.3, -0.25) is 14.6 Å². The van der Waals surface area contributed by atoms with Crippen LogP contribution in [0.25, 0.3) is 0 Å². The van der Waals surface area contributed by atoms with E-state index in [0.717, 1.165) is 5.56 Å². The highest BCUT2D eigenvalue weighted by molar-refractivity contribution is 6.33. The Balaban J connectivity index is 1.54. The molecule has 1 aliphatic rings. The number of benzene rings is 1. The van der Waals surface area contributed by atoms with Crippen molar-refractivity contribution in [2.75, 3.05) is 13.1 Å². The number of pyridine rings is 1. The number of nitrogens with one attached hydrogen (secondary N) is 1. The highest BCUT2D eigenvalue weighted by Crippen LogP contribution is 2.24. The Kier molecular flexibility index (Phi) is 5.83. The fourth-order valence-electron chi connectivity index (χ4n) is 3.04. The SMILES string of the molecule is O=C(NCc1ccncc1)C1CCN(C(=O)c2c(F)cccc2Cl)CC1. The van der Waals surface area contributed by atoms with E-state index < -0.39 is 11.7 Å². The number of piperidine rings is 1. The number of rotatable bonds is 4. The molecule has 1 aliphatic heterocycles. The van der Waals surface area contributed by atoms with Gasteiger partial charge >= 0.3 is 0 Å². The summed E-state index contributed by atoms with van der Waals surface area (Å²) in [6.07, 6.45) is 4.44. The first kappa shape index (κ1) is 18.3. The van der Waals surface area contributed by atoms with Gasteiger partial charge in [-0.15, -0.1) is 0 Å². The molecule has 1 saturated heterocycles. The second-order valence-electron chi connectivity index (χ2n) is 6.24. The summed E-state index contributed by atoms with van der Waals surface area (Å²) in [5.41, 5.74) is 0.880. The van der Waals surface area contributed by atoms with Crippen molar-refractivity contribution in [1.29, 1.82) is 0 Å². The third kappa shape index (κ3) is 4.19. The quantitative estimate of drug-likeness (QED) is 0.893. The van der Waals surface area contributed by atoms with Gasteiger partial charge in [0.05, 0.1) is 10.6 Å². The predicted molar refractivity (Wildman–Crippen MR) is 96.1 cm³/mol. The first-order valence-electron chi connectivity index (χ1n) is 8.46. The summed E-state index contributed by atoms with van der Waals surface area (Å²) >= 11 is 5.97. The molecular weight excluding hydrogens is 357 g/mol. The van der Waals surface area contributed by atoms with Crippen molar-refractivity contribution in [2.45, 2.75) is 19.4 Å². The Hall–Kier alpha value is -2.47. The smallest absolute Gasteiger partial charge is 0.258 e. The van der Waals surface area contributed by atoms with Gasteiger partial charge in [0.15, 0.2) is 0 Å². The standard InChI is InChI=1S/C19H19ClFN3O2/c20-15-2-1-3-16(21)17(15)19(26)24-10-6-14(7-11-24)18(25)23-12-13-4-8-22-9-5-13/h1-5,8-9,14H,6-7,10-12H2,(H,23,25). The predicted octanol–water partition coefficient (Wildman–Crippen LogP) is 3.04. The second-order valence-corrected chi connectivity index (χ2v) is 6.64. The summed E-state index contributed by atoms with van der Waals surface area (Å²) < 4.78 is 13.9. The minimum Gasteiger partial charge on any atom is -0.352 e. The average molecular weight is 376 g/mol. The summed E-state index contributed by atoms with van der Waals surface area (Å²) in [6, 6.07) is 7.88. The van der Waals surface area contributed by atoms with Crippen LogP contribution in [0.2, 0.25) is 5.02 Å². The van der Waals surface area contributed by atoms with E-state index in [1.165, 1.54) is 18.2 Å². The third-order valence-electron chi connectivity index (χ3n) is 4.55. The Morgan fingerprint density at radius 1 is 1.19 bits per heavy atom. The molecule has 136 valence electrons. The molecule has 2 amide bonds. The minimum atomic E-state index is -0.625. The summed E-state index contributed by atoms with van der Waals surface area (Å²) in [5, 5.41) is 3.02. The van der Waals surface area contributed by atoms with Crippen molar-refractivity contribution < 1.29 is 14.0 Å². The van der Waals surface area contributed by atoms with Gasteiger partial charge in [-0.25, -0.2) is 4.39 Å². The van der Waals surface area contributed by atoms with Gasteiger partial charge in [-0.05, 0) is 42.7 Å². The molecular formula is C19H19ClFN3O2. The van der Waals surface area contributed by atoms with Gasteiger partial charge in [0.1, 0.15) is 5.82 Å². The van der Waals surface area contributed by atoms with Gasteiger partial charge in [-0.2, -0.15) is 0 Å². The molecule has 0 bridgehead atoms. The molecule has 3 rings (SSSR count). The van der Waals surface area contributed by atoms with Crippen LogP contribution in [-0.4, -0.2) is 34.8 Å². The van der Waals surface area contributed by atoms with Crippen molar-refractivity contribution in [3.8, 4) is 0 Å². The maximum atomic E-state index is 13.9. The monoisotopic (exact) mass is 375 g/mol. The van der Waals surface area contributed by atoms with E-state index in [0.29, 0.717) is 32.5 Å². The lowest BCUT2D eigenvalue weighted by atomic mass is 9.95. The van der Waals surface area contributed by atoms with Gasteiger partial charge in [0, 0.05) is 37.9 Å². The van der Waals surface area contributed by atoms with Gasteiger partial charge < -0.3 is 10.2 Å². The first-order valence-corrected chi connectivity index (χ1v) is 8.84. The zero-order valence-electron chi connectivity index (χ0n) is 14.1. The van der Waals surface area contributed by atoms with E-state index in [-0.39, 0.29) is 22.4 Å². The van der Waals surface area contributed by atoms with Crippen molar-refractivity contribution in [3.05, 3.63) is 64.7 Å². The summed E-state index contributed by atoms with van der Waals surface area (Å²) in [5.74, 6) is -1.24. The highest BCUT2D eigenvalue weighted by atomic mass is 35.5. The van der Waals surface area contributed by atoms with Crippen LogP contribution >= 0.6 is 11.6 Å². The van der Waals surface area contributed by atoms with Crippen LogP contribution in [0.5, 0.6) is 0 Å². The Morgan fingerprint density at radius 2 is 1.88 bits per heavy atom. The number of likely N-dealkylation sites (tertiary alicyclic amines) is 1. The van der Waals surface area contributed by atoms with E-state index in [4.69, 9.17) is 11.6 Å². The van der Waals surface area contributed by atoms with Crippen LogP contribution in [0, 0.1) is 11.7 Å². The van der Waals surface area contributed by atoms with Crippen molar-refractivity contribution >= 4 is 23.4 Å². The molecule has 0 aliphatic carbocycles. The average Bonchev–Trinajstić information content (AvgIpc) is 2.67. The fraction of sp³-hybridized carbons (Fsp3) is 0.316. The lowest BCUT2D eigenvalue weighted by Gasteiger charge is -2.31. The molecule has 5 nitrogen and oxygen atoms in total. The number of amides is 2. The van der Waals surface area contributed by atoms with Crippen LogP contribution < -0.4 is 5.32 Å². The molecule has 1 aromatic heterocycles. The highest BCUT2D eigenvalue weighted by Gasteiger charge is 2.29. The molecule has 1 N–H and O–H groups in total. The molecule has 26 heavy (non-hydrogen) atoms. The Bertz CT molecular complexity index is 772. The van der Waals surface area contributed by atoms with Crippen LogP contribution in [0.3, 0.4) is 0 Å². The Morgan fingerprint density at radius 3 is 2.54 bits per heavy atom.